The number of rotatable bonds is 16. The third kappa shape index (κ3) is 22.4. The largest absolute Gasteiger partial charge is 0.478 e. The Labute approximate surface area is 223 Å². The van der Waals surface area contributed by atoms with E-state index < -0.39 is 11.9 Å². The molecule has 0 aliphatic rings. The first-order valence-corrected chi connectivity index (χ1v) is 17.3. The number of unbranched alkanes of at least 4 members (excludes halogenated alkanes) is 10. The molecule has 0 aliphatic heterocycles. The molecule has 0 spiro atoms. The maximum Gasteiger partial charge on any atom is 0.335 e. The zero-order chi connectivity index (χ0) is 26.0. The molecule has 0 aromatic heterocycles. The van der Waals surface area contributed by atoms with Crippen LogP contribution in [-0.4, -0.2) is 43.3 Å². The quantitative estimate of drug-likeness (QED) is 0.151. The van der Waals surface area contributed by atoms with Crippen molar-refractivity contribution >= 4 is 33.1 Å². The minimum absolute atomic E-state index is 0.0736. The van der Waals surface area contributed by atoms with Gasteiger partial charge in [-0.1, -0.05) is 36.4 Å². The molecule has 2 aromatic carbocycles. The standard InChI is InChI=1S/2C8H17.2C7H6O2.Sn/c2*1-3-5-7-8-6-4-2;2*8-7(9)6-4-2-1-3-5-6;/h2*1,3-8H2,2H3;2*1-5H,(H,8,9);. The summed E-state index contributed by atoms with van der Waals surface area (Å²) < 4.78 is 3.31. The van der Waals surface area contributed by atoms with E-state index in [2.05, 4.69) is 13.8 Å². The van der Waals surface area contributed by atoms with E-state index in [1.807, 2.05) is 0 Å². The van der Waals surface area contributed by atoms with Crippen molar-refractivity contribution in [3.8, 4) is 0 Å². The maximum absolute atomic E-state index is 10.2. The zero-order valence-electron chi connectivity index (χ0n) is 21.9. The van der Waals surface area contributed by atoms with Gasteiger partial charge in [0.1, 0.15) is 0 Å². The summed E-state index contributed by atoms with van der Waals surface area (Å²) in [6, 6.07) is 16.6. The van der Waals surface area contributed by atoms with Gasteiger partial charge in [0.05, 0.1) is 11.1 Å². The Kier molecular flexibility index (Phi) is 24.0. The molecule has 0 saturated carbocycles. The van der Waals surface area contributed by atoms with Crippen molar-refractivity contribution in [3.63, 3.8) is 0 Å². The van der Waals surface area contributed by atoms with Crippen molar-refractivity contribution in [3.05, 3.63) is 71.8 Å². The number of hydrogen-bond donors (Lipinski definition) is 2. The fourth-order valence-corrected chi connectivity index (χ4v) is 6.91. The monoisotopic (exact) mass is 590 g/mol. The fraction of sp³-hybridized carbons (Fsp3) is 0.533. The summed E-state index contributed by atoms with van der Waals surface area (Å²) in [5, 5.41) is 16.8. The average molecular weight is 589 g/mol. The van der Waals surface area contributed by atoms with Crippen molar-refractivity contribution in [1.29, 1.82) is 0 Å². The van der Waals surface area contributed by atoms with Gasteiger partial charge in [-0.3, -0.25) is 0 Å². The smallest absolute Gasteiger partial charge is 0.335 e. The topological polar surface area (TPSA) is 74.6 Å². The van der Waals surface area contributed by atoms with Crippen LogP contribution in [0.1, 0.15) is 112 Å². The van der Waals surface area contributed by atoms with Crippen LogP contribution in [0.2, 0.25) is 8.87 Å². The van der Waals surface area contributed by atoms with E-state index in [-0.39, 0.29) is 21.1 Å². The van der Waals surface area contributed by atoms with Gasteiger partial charge < -0.3 is 10.2 Å². The minimum Gasteiger partial charge on any atom is -0.478 e. The summed E-state index contributed by atoms with van der Waals surface area (Å²) in [5.74, 6) is -1.76. The van der Waals surface area contributed by atoms with Gasteiger partial charge in [0.2, 0.25) is 0 Å². The van der Waals surface area contributed by atoms with E-state index in [0.717, 1.165) is 0 Å². The molecule has 35 heavy (non-hydrogen) atoms. The van der Waals surface area contributed by atoms with E-state index in [4.69, 9.17) is 10.2 Å². The molecule has 2 radical (unpaired) electrons. The van der Waals surface area contributed by atoms with Crippen LogP contribution in [-0.2, 0) is 0 Å². The van der Waals surface area contributed by atoms with E-state index in [1.54, 1.807) is 82.4 Å². The van der Waals surface area contributed by atoms with Crippen molar-refractivity contribution < 1.29 is 19.8 Å². The van der Waals surface area contributed by atoms with Crippen molar-refractivity contribution in [2.75, 3.05) is 0 Å². The van der Waals surface area contributed by atoms with Crippen molar-refractivity contribution in [2.24, 2.45) is 0 Å². The van der Waals surface area contributed by atoms with Crippen LogP contribution in [0, 0.1) is 0 Å². The van der Waals surface area contributed by atoms with Crippen LogP contribution < -0.4 is 0 Å². The molecule has 0 bridgehead atoms. The summed E-state index contributed by atoms with van der Waals surface area (Å²) in [6.07, 6.45) is 17.8. The summed E-state index contributed by atoms with van der Waals surface area (Å²) in [4.78, 5) is 20.4. The first kappa shape index (κ1) is 33.2. The van der Waals surface area contributed by atoms with Crippen LogP contribution in [0.3, 0.4) is 0 Å². The second-order valence-corrected chi connectivity index (χ2v) is 12.9. The Balaban J connectivity index is 0.000000538. The molecular formula is C30H46O4Sn. The SMILES string of the molecule is CCCCCCC[CH2][Sn][CH2]CCCCCCC.O=C(O)c1ccccc1.O=C(O)c1ccccc1. The second kappa shape index (κ2) is 25.3. The molecule has 0 fully saturated rings. The molecular weight excluding hydrogens is 543 g/mol. The Bertz CT molecular complexity index is 671. The minimum atomic E-state index is -0.879. The van der Waals surface area contributed by atoms with Crippen LogP contribution in [0.5, 0.6) is 0 Å². The normalized spacial score (nSPS) is 9.89. The van der Waals surface area contributed by atoms with E-state index in [9.17, 15) is 9.59 Å². The number of carboxylic acids is 2. The fourth-order valence-electron chi connectivity index (χ4n) is 3.35. The molecule has 0 saturated heterocycles. The first-order chi connectivity index (χ1) is 17.0. The molecule has 0 atom stereocenters. The third-order valence-electron chi connectivity index (χ3n) is 5.46. The Morgan fingerprint density at radius 2 is 0.857 bits per heavy atom. The van der Waals surface area contributed by atoms with Crippen molar-refractivity contribution in [2.45, 2.75) is 99.8 Å². The molecule has 0 heterocycles. The third-order valence-corrected chi connectivity index (χ3v) is 9.49. The predicted octanol–water partition coefficient (Wildman–Crippen LogP) is 9.02. The predicted molar refractivity (Wildman–Crippen MR) is 149 cm³/mol. The molecule has 5 heteroatoms. The number of hydrogen-bond acceptors (Lipinski definition) is 2. The first-order valence-electron chi connectivity index (χ1n) is 13.3. The molecule has 194 valence electrons. The molecule has 0 amide bonds. The Morgan fingerprint density at radius 1 is 0.543 bits per heavy atom. The number of carbonyl (C=O) groups is 2. The molecule has 2 N–H and O–H groups in total. The maximum atomic E-state index is 10.2. The van der Waals surface area contributed by atoms with Gasteiger partial charge in [0.15, 0.2) is 0 Å². The van der Waals surface area contributed by atoms with Gasteiger partial charge in [-0.05, 0) is 24.3 Å². The number of carboxylic acid groups (broad SMARTS) is 2. The van der Waals surface area contributed by atoms with Crippen LogP contribution in [0.15, 0.2) is 60.7 Å². The number of benzene rings is 2. The van der Waals surface area contributed by atoms with E-state index >= 15 is 0 Å². The summed E-state index contributed by atoms with van der Waals surface area (Å²) in [7, 11) is 0. The van der Waals surface area contributed by atoms with Gasteiger partial charge in [-0.25, -0.2) is 9.59 Å². The molecule has 2 rings (SSSR count). The molecule has 2 aromatic rings. The average Bonchev–Trinajstić information content (AvgIpc) is 2.88. The van der Waals surface area contributed by atoms with Gasteiger partial charge in [0.25, 0.3) is 0 Å². The second-order valence-electron chi connectivity index (χ2n) is 8.63. The zero-order valence-corrected chi connectivity index (χ0v) is 24.7. The summed E-state index contributed by atoms with van der Waals surface area (Å²) in [6.45, 7) is 4.60. The number of aromatic carboxylic acids is 2. The van der Waals surface area contributed by atoms with Gasteiger partial charge >= 0.3 is 133 Å². The van der Waals surface area contributed by atoms with Crippen molar-refractivity contribution in [1.82, 2.24) is 0 Å². The van der Waals surface area contributed by atoms with Crippen LogP contribution in [0.25, 0.3) is 0 Å². The molecule has 0 unspecified atom stereocenters. The van der Waals surface area contributed by atoms with Crippen LogP contribution >= 0.6 is 0 Å². The Hall–Kier alpha value is -1.82. The molecule has 0 aliphatic carbocycles. The van der Waals surface area contributed by atoms with Gasteiger partial charge in [-0.2, -0.15) is 0 Å². The Morgan fingerprint density at radius 3 is 1.14 bits per heavy atom. The summed E-state index contributed by atoms with van der Waals surface area (Å²) >= 11 is 0.0736. The summed E-state index contributed by atoms with van der Waals surface area (Å²) in [5.41, 5.74) is 0.662. The van der Waals surface area contributed by atoms with Gasteiger partial charge in [0, 0.05) is 0 Å². The van der Waals surface area contributed by atoms with E-state index in [1.165, 1.54) is 64.2 Å². The molecule has 4 nitrogen and oxygen atoms in total. The van der Waals surface area contributed by atoms with Crippen LogP contribution in [0.4, 0.5) is 0 Å². The van der Waals surface area contributed by atoms with Gasteiger partial charge in [-0.15, -0.1) is 0 Å². The van der Waals surface area contributed by atoms with E-state index in [0.29, 0.717) is 11.1 Å².